The molecule has 1 aromatic heterocycles. The molecule has 0 fully saturated rings. The van der Waals surface area contributed by atoms with Crippen molar-refractivity contribution in [3.63, 3.8) is 0 Å². The van der Waals surface area contributed by atoms with Crippen molar-refractivity contribution in [2.24, 2.45) is 0 Å². The topological polar surface area (TPSA) is 70.4 Å². The number of pyridine rings is 1. The van der Waals surface area contributed by atoms with E-state index in [1.165, 1.54) is 18.2 Å². The maximum atomic E-state index is 13.0. The summed E-state index contributed by atoms with van der Waals surface area (Å²) in [7, 11) is 0. The number of hydrogen-bond acceptors (Lipinski definition) is 3. The fourth-order valence-corrected chi connectivity index (χ4v) is 1.61. The summed E-state index contributed by atoms with van der Waals surface area (Å²) in [5.41, 5.74) is 0.469. The van der Waals surface area contributed by atoms with Gasteiger partial charge in [0.15, 0.2) is 0 Å². The van der Waals surface area contributed by atoms with Crippen LogP contribution in [0.5, 0.6) is 5.75 Å². The number of nitrogens with zero attached hydrogens (tertiary/aromatic N) is 1. The Morgan fingerprint density at radius 3 is 2.67 bits per heavy atom. The summed E-state index contributed by atoms with van der Waals surface area (Å²) in [5.74, 6) is -2.28. The smallest absolute Gasteiger partial charge is 0.339 e. The second-order valence-corrected chi connectivity index (χ2v) is 3.93. The third-order valence-electron chi connectivity index (χ3n) is 2.33. The molecule has 0 spiro atoms. The van der Waals surface area contributed by atoms with Crippen molar-refractivity contribution in [2.75, 3.05) is 0 Å². The highest BCUT2D eigenvalue weighted by Gasteiger charge is 2.12. The largest absolute Gasteiger partial charge is 0.505 e. The molecule has 2 rings (SSSR count). The molecule has 0 aliphatic rings. The average molecular weight is 268 g/mol. The lowest BCUT2D eigenvalue weighted by Crippen LogP contribution is -1.98. The highest BCUT2D eigenvalue weighted by Crippen LogP contribution is 2.26. The van der Waals surface area contributed by atoms with Crippen LogP contribution in [0, 0.1) is 5.82 Å². The van der Waals surface area contributed by atoms with Crippen LogP contribution < -0.4 is 0 Å². The predicted octanol–water partition coefficient (Wildman–Crippen LogP) is 2.94. The second kappa shape index (κ2) is 4.62. The number of benzene rings is 1. The quantitative estimate of drug-likeness (QED) is 0.878. The van der Waals surface area contributed by atoms with Gasteiger partial charge in [0, 0.05) is 5.56 Å². The third kappa shape index (κ3) is 2.26. The molecule has 4 nitrogen and oxygen atoms in total. The standard InChI is InChI=1S/C12H7ClFNO3/c13-8-3-6(1-2-9(8)14)10-4-7(12(17)18)11(16)5-15-10/h1-5,16H,(H,17,18). The molecule has 6 heteroatoms. The predicted molar refractivity (Wildman–Crippen MR) is 63.3 cm³/mol. The number of aromatic nitrogens is 1. The molecule has 0 radical (unpaired) electrons. The monoisotopic (exact) mass is 267 g/mol. The first-order chi connectivity index (χ1) is 8.49. The first-order valence-corrected chi connectivity index (χ1v) is 5.24. The van der Waals surface area contributed by atoms with Crippen molar-refractivity contribution in [3.8, 4) is 17.0 Å². The van der Waals surface area contributed by atoms with Crippen molar-refractivity contribution in [3.05, 3.63) is 46.9 Å². The number of carboxylic acids is 1. The molecule has 0 bridgehead atoms. The van der Waals surface area contributed by atoms with E-state index in [0.717, 1.165) is 12.3 Å². The minimum atomic E-state index is -1.27. The molecule has 0 amide bonds. The first kappa shape index (κ1) is 12.3. The van der Waals surface area contributed by atoms with E-state index in [-0.39, 0.29) is 16.3 Å². The molecule has 18 heavy (non-hydrogen) atoms. The third-order valence-corrected chi connectivity index (χ3v) is 2.62. The molecule has 0 unspecified atom stereocenters. The van der Waals surface area contributed by atoms with Crippen LogP contribution in [0.1, 0.15) is 10.4 Å². The Morgan fingerprint density at radius 2 is 2.06 bits per heavy atom. The summed E-state index contributed by atoms with van der Waals surface area (Å²) in [6.07, 6.45) is 1.02. The van der Waals surface area contributed by atoms with Gasteiger partial charge in [-0.15, -0.1) is 0 Å². The Labute approximate surface area is 106 Å². The van der Waals surface area contributed by atoms with Gasteiger partial charge in [0.25, 0.3) is 0 Å². The summed E-state index contributed by atoms with van der Waals surface area (Å²) < 4.78 is 13.0. The number of hydrogen-bond donors (Lipinski definition) is 2. The molecular weight excluding hydrogens is 261 g/mol. The van der Waals surface area contributed by atoms with E-state index in [2.05, 4.69) is 4.98 Å². The normalized spacial score (nSPS) is 10.3. The highest BCUT2D eigenvalue weighted by atomic mass is 35.5. The van der Waals surface area contributed by atoms with Gasteiger partial charge in [-0.25, -0.2) is 9.18 Å². The van der Waals surface area contributed by atoms with Gasteiger partial charge in [-0.05, 0) is 24.3 Å². The SMILES string of the molecule is O=C(O)c1cc(-c2ccc(F)c(Cl)c2)ncc1O. The van der Waals surface area contributed by atoms with Gasteiger partial charge >= 0.3 is 5.97 Å². The summed E-state index contributed by atoms with van der Waals surface area (Å²) in [5, 5.41) is 18.1. The zero-order valence-electron chi connectivity index (χ0n) is 8.89. The van der Waals surface area contributed by atoms with Crippen molar-refractivity contribution in [2.45, 2.75) is 0 Å². The van der Waals surface area contributed by atoms with E-state index in [9.17, 15) is 14.3 Å². The second-order valence-electron chi connectivity index (χ2n) is 3.52. The van der Waals surface area contributed by atoms with Gasteiger partial charge in [-0.1, -0.05) is 11.6 Å². The number of rotatable bonds is 2. The van der Waals surface area contributed by atoms with Gasteiger partial charge in [0.2, 0.25) is 0 Å². The van der Waals surface area contributed by atoms with E-state index in [4.69, 9.17) is 16.7 Å². The number of halogens is 2. The van der Waals surface area contributed by atoms with Gasteiger partial charge in [-0.3, -0.25) is 4.98 Å². The number of aromatic hydroxyl groups is 1. The zero-order valence-corrected chi connectivity index (χ0v) is 9.65. The highest BCUT2D eigenvalue weighted by molar-refractivity contribution is 6.31. The van der Waals surface area contributed by atoms with Gasteiger partial charge in [-0.2, -0.15) is 0 Å². The lowest BCUT2D eigenvalue weighted by atomic mass is 10.1. The minimum Gasteiger partial charge on any atom is -0.505 e. The fraction of sp³-hybridized carbons (Fsp3) is 0. The lowest BCUT2D eigenvalue weighted by molar-refractivity contribution is 0.0693. The minimum absolute atomic E-state index is 0.0840. The Bertz CT molecular complexity index is 631. The van der Waals surface area contributed by atoms with Gasteiger partial charge < -0.3 is 10.2 Å². The molecule has 2 N–H and O–H groups in total. The Hall–Kier alpha value is -2.14. The Morgan fingerprint density at radius 1 is 1.33 bits per heavy atom. The average Bonchev–Trinajstić information content (AvgIpc) is 2.33. The van der Waals surface area contributed by atoms with Crippen molar-refractivity contribution in [1.82, 2.24) is 4.98 Å². The molecule has 0 atom stereocenters. The number of carboxylic acid groups (broad SMARTS) is 1. The maximum Gasteiger partial charge on any atom is 0.339 e. The molecule has 1 heterocycles. The Kier molecular flexibility index (Phi) is 3.16. The lowest BCUT2D eigenvalue weighted by Gasteiger charge is -2.05. The Balaban J connectivity index is 2.54. The van der Waals surface area contributed by atoms with Crippen molar-refractivity contribution < 1.29 is 19.4 Å². The van der Waals surface area contributed by atoms with Crippen LogP contribution in [-0.2, 0) is 0 Å². The maximum absolute atomic E-state index is 13.0. The molecule has 0 saturated carbocycles. The fourth-order valence-electron chi connectivity index (χ4n) is 1.43. The van der Waals surface area contributed by atoms with Gasteiger partial charge in [0.05, 0.1) is 16.9 Å². The number of aromatic carboxylic acids is 1. The molecule has 2 aromatic rings. The van der Waals surface area contributed by atoms with E-state index >= 15 is 0 Å². The summed E-state index contributed by atoms with van der Waals surface area (Å²) >= 11 is 5.63. The van der Waals surface area contributed by atoms with Crippen LogP contribution in [0.25, 0.3) is 11.3 Å². The first-order valence-electron chi connectivity index (χ1n) is 4.87. The summed E-state index contributed by atoms with van der Waals surface area (Å²) in [6.45, 7) is 0. The van der Waals surface area contributed by atoms with Crippen molar-refractivity contribution in [1.29, 1.82) is 0 Å². The van der Waals surface area contributed by atoms with E-state index in [0.29, 0.717) is 5.56 Å². The van der Waals surface area contributed by atoms with Crippen LogP contribution in [0.15, 0.2) is 30.5 Å². The van der Waals surface area contributed by atoms with E-state index < -0.39 is 17.5 Å². The molecule has 0 aliphatic heterocycles. The molecular formula is C12H7ClFNO3. The van der Waals surface area contributed by atoms with Crippen LogP contribution in [0.4, 0.5) is 4.39 Å². The molecule has 1 aromatic carbocycles. The molecule has 92 valence electrons. The van der Waals surface area contributed by atoms with Crippen LogP contribution in [-0.4, -0.2) is 21.2 Å². The van der Waals surface area contributed by atoms with Gasteiger partial charge in [0.1, 0.15) is 17.1 Å². The zero-order chi connectivity index (χ0) is 13.3. The molecule has 0 aliphatic carbocycles. The van der Waals surface area contributed by atoms with Crippen LogP contribution in [0.3, 0.4) is 0 Å². The van der Waals surface area contributed by atoms with E-state index in [1.54, 1.807) is 0 Å². The molecule has 0 saturated heterocycles. The number of carbonyl (C=O) groups is 1. The van der Waals surface area contributed by atoms with Crippen LogP contribution in [0.2, 0.25) is 5.02 Å². The summed E-state index contributed by atoms with van der Waals surface area (Å²) in [4.78, 5) is 14.7. The van der Waals surface area contributed by atoms with E-state index in [1.807, 2.05) is 0 Å². The van der Waals surface area contributed by atoms with Crippen molar-refractivity contribution >= 4 is 17.6 Å². The summed E-state index contributed by atoms with van der Waals surface area (Å²) in [6, 6.07) is 5.11. The van der Waals surface area contributed by atoms with Crippen LogP contribution >= 0.6 is 11.6 Å².